The van der Waals surface area contributed by atoms with Gasteiger partial charge < -0.3 is 0 Å². The third-order valence-electron chi connectivity index (χ3n) is 4.05. The molecule has 2 aromatic carbocycles. The minimum Gasteiger partial charge on any atom is -0.251 e. The molecule has 0 aliphatic carbocycles. The summed E-state index contributed by atoms with van der Waals surface area (Å²) in [6.07, 6.45) is -7.27. The van der Waals surface area contributed by atoms with Crippen LogP contribution in [0, 0.1) is 0 Å². The highest BCUT2D eigenvalue weighted by atomic mass is 35.5. The highest BCUT2D eigenvalue weighted by Crippen LogP contribution is 2.50. The van der Waals surface area contributed by atoms with Crippen molar-refractivity contribution in [2.24, 2.45) is 4.99 Å². The number of benzene rings is 2. The molecule has 0 spiro atoms. The largest absolute Gasteiger partial charge is 0.460 e. The van der Waals surface area contributed by atoms with Gasteiger partial charge in [0.1, 0.15) is 0 Å². The topological polar surface area (TPSA) is 12.4 Å². The van der Waals surface area contributed by atoms with Gasteiger partial charge in [-0.05, 0) is 35.4 Å². The van der Waals surface area contributed by atoms with Crippen LogP contribution in [0.25, 0.3) is 11.1 Å². The highest BCUT2D eigenvalue weighted by molar-refractivity contribution is 6.34. The Labute approximate surface area is 158 Å². The third-order valence-corrected chi connectivity index (χ3v) is 4.61. The van der Waals surface area contributed by atoms with Crippen LogP contribution in [0.5, 0.6) is 0 Å². The number of hydrogen-bond acceptors (Lipinski definition) is 1. The van der Waals surface area contributed by atoms with Crippen LogP contribution in [0.2, 0.25) is 10.0 Å². The molecule has 27 heavy (non-hydrogen) atoms. The molecular weight excluding hydrogens is 422 g/mol. The molecule has 0 saturated heterocycles. The van der Waals surface area contributed by atoms with Crippen molar-refractivity contribution in [2.75, 3.05) is 0 Å². The first-order valence-corrected chi connectivity index (χ1v) is 8.09. The second-order valence-electron chi connectivity index (χ2n) is 5.85. The maximum absolute atomic E-state index is 13.9. The molecule has 10 heteroatoms. The quantitative estimate of drug-likeness (QED) is 0.460. The summed E-state index contributed by atoms with van der Waals surface area (Å²) in [5.74, 6) is -11.7. The summed E-state index contributed by atoms with van der Waals surface area (Å²) >= 11 is 11.9. The van der Waals surface area contributed by atoms with Crippen LogP contribution >= 0.6 is 23.2 Å². The smallest absolute Gasteiger partial charge is 0.251 e. The summed E-state index contributed by atoms with van der Waals surface area (Å²) in [5.41, 5.74) is -0.728. The van der Waals surface area contributed by atoms with Gasteiger partial charge in [0, 0.05) is 17.0 Å². The van der Waals surface area contributed by atoms with Crippen LogP contribution in [-0.2, 0) is 6.42 Å². The fourth-order valence-corrected chi connectivity index (χ4v) is 3.00. The Hall–Kier alpha value is -1.80. The molecule has 0 atom stereocenters. The van der Waals surface area contributed by atoms with Crippen molar-refractivity contribution >= 4 is 34.6 Å². The van der Waals surface area contributed by atoms with Crippen LogP contribution in [0.1, 0.15) is 5.56 Å². The van der Waals surface area contributed by atoms with E-state index in [2.05, 4.69) is 4.99 Å². The Morgan fingerprint density at radius 2 is 1.44 bits per heavy atom. The van der Waals surface area contributed by atoms with Gasteiger partial charge in [0.2, 0.25) is 0 Å². The maximum atomic E-state index is 13.9. The molecule has 1 aliphatic rings. The molecule has 0 bridgehead atoms. The van der Waals surface area contributed by atoms with Crippen LogP contribution < -0.4 is 0 Å². The van der Waals surface area contributed by atoms with Crippen molar-refractivity contribution in [3.8, 4) is 11.1 Å². The monoisotopic (exact) mass is 429 g/mol. The molecule has 1 nitrogen and oxygen atoms in total. The molecule has 1 aliphatic heterocycles. The number of nitrogens with zero attached hydrogens (tertiary/aromatic N) is 1. The average molecular weight is 430 g/mol. The highest BCUT2D eigenvalue weighted by Gasteiger charge is 2.75. The van der Waals surface area contributed by atoms with E-state index in [0.29, 0.717) is 16.1 Å². The Morgan fingerprint density at radius 3 is 2.00 bits per heavy atom. The van der Waals surface area contributed by atoms with Crippen LogP contribution in [0.4, 0.5) is 36.4 Å². The number of hydrogen-bond donors (Lipinski definition) is 0. The molecule has 0 unspecified atom stereocenters. The van der Waals surface area contributed by atoms with Gasteiger partial charge in [-0.1, -0.05) is 35.3 Å². The second kappa shape index (κ2) is 6.38. The minimum atomic E-state index is -6.42. The van der Waals surface area contributed by atoms with Crippen molar-refractivity contribution in [2.45, 2.75) is 24.4 Å². The number of rotatable bonds is 3. The van der Waals surface area contributed by atoms with E-state index in [-0.39, 0.29) is 16.3 Å². The van der Waals surface area contributed by atoms with E-state index < -0.39 is 30.2 Å². The van der Waals surface area contributed by atoms with E-state index in [1.807, 2.05) is 0 Å². The second-order valence-corrected chi connectivity index (χ2v) is 6.69. The van der Waals surface area contributed by atoms with Crippen molar-refractivity contribution in [1.82, 2.24) is 0 Å². The van der Waals surface area contributed by atoms with Gasteiger partial charge in [0.05, 0.1) is 16.4 Å². The number of aliphatic imine (C=N–C) groups is 1. The van der Waals surface area contributed by atoms with Crippen LogP contribution in [0.15, 0.2) is 41.4 Å². The molecule has 0 saturated carbocycles. The van der Waals surface area contributed by atoms with E-state index in [4.69, 9.17) is 23.2 Å². The fraction of sp³-hybridized carbons (Fsp3) is 0.235. The van der Waals surface area contributed by atoms with Gasteiger partial charge >= 0.3 is 18.0 Å². The van der Waals surface area contributed by atoms with Gasteiger partial charge in [-0.3, -0.25) is 4.99 Å². The zero-order chi connectivity index (χ0) is 20.2. The Balaban J connectivity index is 1.99. The summed E-state index contributed by atoms with van der Waals surface area (Å²) in [5, 5.41) is 0.516. The molecule has 0 N–H and O–H groups in total. The minimum absolute atomic E-state index is 0.0667. The Kier molecular flexibility index (Phi) is 4.71. The van der Waals surface area contributed by atoms with Crippen molar-refractivity contribution in [3.05, 3.63) is 52.0 Å². The molecule has 1 heterocycles. The summed E-state index contributed by atoms with van der Waals surface area (Å²) < 4.78 is 91.4. The number of halogens is 9. The lowest BCUT2D eigenvalue weighted by molar-refractivity contribution is -0.336. The first-order chi connectivity index (χ1) is 12.3. The molecule has 144 valence electrons. The van der Waals surface area contributed by atoms with Crippen molar-refractivity contribution < 1.29 is 30.7 Å². The van der Waals surface area contributed by atoms with Crippen molar-refractivity contribution in [3.63, 3.8) is 0 Å². The maximum Gasteiger partial charge on any atom is 0.460 e. The van der Waals surface area contributed by atoms with Gasteiger partial charge in [-0.25, -0.2) is 0 Å². The first-order valence-electron chi connectivity index (χ1n) is 7.33. The Bertz CT molecular complexity index is 918. The summed E-state index contributed by atoms with van der Waals surface area (Å²) in [7, 11) is 0. The molecule has 2 aromatic rings. The van der Waals surface area contributed by atoms with E-state index in [0.717, 1.165) is 6.07 Å². The fourth-order valence-electron chi connectivity index (χ4n) is 2.61. The zero-order valence-electron chi connectivity index (χ0n) is 13.0. The molecule has 0 aromatic heterocycles. The number of fused-ring (bicyclic) bond motifs is 1. The normalized spacial score (nSPS) is 14.9. The van der Waals surface area contributed by atoms with Gasteiger partial charge in [-0.15, -0.1) is 0 Å². The van der Waals surface area contributed by atoms with E-state index in [1.165, 1.54) is 6.07 Å². The Morgan fingerprint density at radius 1 is 0.852 bits per heavy atom. The summed E-state index contributed by atoms with van der Waals surface area (Å²) in [6, 6.07) is 8.79. The molecule has 0 fully saturated rings. The first kappa shape index (κ1) is 19.9. The van der Waals surface area contributed by atoms with Gasteiger partial charge in [0.15, 0.2) is 0 Å². The lowest BCUT2D eigenvalue weighted by Crippen LogP contribution is -2.56. The SMILES string of the molecule is FC(F)(F)C(F)(F)C(F)(F)C1=Nc2cc(Cl)c(-c3ccc(Cl)cc3)cc2C1. The van der Waals surface area contributed by atoms with Gasteiger partial charge in [0.25, 0.3) is 0 Å². The lowest BCUT2D eigenvalue weighted by atomic mass is 9.98. The summed E-state index contributed by atoms with van der Waals surface area (Å²) in [4.78, 5) is 3.29. The third kappa shape index (κ3) is 3.29. The van der Waals surface area contributed by atoms with Crippen molar-refractivity contribution in [1.29, 1.82) is 0 Å². The van der Waals surface area contributed by atoms with E-state index in [9.17, 15) is 30.7 Å². The standard InChI is InChI=1S/C17H8Cl2F7N/c18-10-3-1-8(2-4-10)11-5-9-6-14(27-13(9)7-12(11)19)15(20,21)16(22,23)17(24,25)26/h1-5,7H,6H2. The molecule has 3 rings (SSSR count). The molecule has 0 radical (unpaired) electrons. The predicted octanol–water partition coefficient (Wildman–Crippen LogP) is 7.12. The summed E-state index contributed by atoms with van der Waals surface area (Å²) in [6.45, 7) is 0. The molecular formula is C17H8Cl2F7N. The van der Waals surface area contributed by atoms with Crippen LogP contribution in [-0.4, -0.2) is 23.7 Å². The van der Waals surface area contributed by atoms with E-state index >= 15 is 0 Å². The molecule has 0 amide bonds. The van der Waals surface area contributed by atoms with Gasteiger partial charge in [-0.2, -0.15) is 30.7 Å². The predicted molar refractivity (Wildman–Crippen MR) is 88.6 cm³/mol. The average Bonchev–Trinajstić information content (AvgIpc) is 2.97. The van der Waals surface area contributed by atoms with Crippen LogP contribution in [0.3, 0.4) is 0 Å². The lowest BCUT2D eigenvalue weighted by Gasteiger charge is -2.28. The number of alkyl halides is 7. The van der Waals surface area contributed by atoms with E-state index in [1.54, 1.807) is 24.3 Å². The zero-order valence-corrected chi connectivity index (χ0v) is 14.5.